The molecule has 3 aromatic heterocycles. The number of hydrogen-bond donors (Lipinski definition) is 2. The van der Waals surface area contributed by atoms with Gasteiger partial charge < -0.3 is 19.7 Å². The van der Waals surface area contributed by atoms with Crippen molar-refractivity contribution in [3.8, 4) is 17.0 Å². The van der Waals surface area contributed by atoms with Crippen molar-refractivity contribution in [3.05, 3.63) is 66.2 Å². The second kappa shape index (κ2) is 11.5. The standard InChI is InChI=1S/C29H33N7O3/c1-35-8-6-24(7-9-35)39-27-5-3-23(18-31-27)32-29(37)28-25-15-21(2-4-26(25)33-34-28)22-14-20(16-30-17-22)19-36-10-12-38-13-11-36/h2-5,14-18,24H,6-13,19H2,1H3,(H,32,37)(H,33,34). The predicted molar refractivity (Wildman–Crippen MR) is 149 cm³/mol. The molecular weight excluding hydrogens is 494 g/mol. The molecule has 2 fully saturated rings. The molecule has 10 heteroatoms. The number of rotatable bonds is 7. The van der Waals surface area contributed by atoms with Gasteiger partial charge in [-0.25, -0.2) is 4.98 Å². The lowest BCUT2D eigenvalue weighted by atomic mass is 10.0. The lowest BCUT2D eigenvalue weighted by Gasteiger charge is -2.28. The summed E-state index contributed by atoms with van der Waals surface area (Å²) in [5.74, 6) is 0.269. The second-order valence-electron chi connectivity index (χ2n) is 10.3. The van der Waals surface area contributed by atoms with Crippen molar-refractivity contribution in [1.29, 1.82) is 0 Å². The third-order valence-electron chi connectivity index (χ3n) is 7.36. The van der Waals surface area contributed by atoms with Crippen LogP contribution in [0.2, 0.25) is 0 Å². The van der Waals surface area contributed by atoms with Gasteiger partial charge in [0.15, 0.2) is 5.69 Å². The van der Waals surface area contributed by atoms with E-state index in [2.05, 4.69) is 48.4 Å². The van der Waals surface area contributed by atoms with Crippen molar-refractivity contribution in [2.75, 3.05) is 51.8 Å². The molecule has 0 atom stereocenters. The van der Waals surface area contributed by atoms with E-state index in [9.17, 15) is 4.79 Å². The van der Waals surface area contributed by atoms with Gasteiger partial charge in [0.05, 0.1) is 30.6 Å². The molecule has 0 aliphatic carbocycles. The van der Waals surface area contributed by atoms with Crippen LogP contribution in [0, 0.1) is 0 Å². The number of fused-ring (bicyclic) bond motifs is 1. The molecule has 0 unspecified atom stereocenters. The highest BCUT2D eigenvalue weighted by Gasteiger charge is 2.19. The Bertz CT molecular complexity index is 1420. The van der Waals surface area contributed by atoms with Crippen LogP contribution in [0.1, 0.15) is 28.9 Å². The summed E-state index contributed by atoms with van der Waals surface area (Å²) in [6, 6.07) is 11.7. The molecule has 5 heterocycles. The minimum atomic E-state index is -0.302. The first-order valence-electron chi connectivity index (χ1n) is 13.5. The number of anilines is 1. The van der Waals surface area contributed by atoms with E-state index in [4.69, 9.17) is 9.47 Å². The van der Waals surface area contributed by atoms with E-state index < -0.39 is 0 Å². The molecule has 6 rings (SSSR count). The second-order valence-corrected chi connectivity index (χ2v) is 10.3. The number of H-pyrrole nitrogens is 1. The topological polar surface area (TPSA) is 108 Å². The van der Waals surface area contributed by atoms with Crippen LogP contribution in [0.15, 0.2) is 55.0 Å². The first-order chi connectivity index (χ1) is 19.1. The highest BCUT2D eigenvalue weighted by Crippen LogP contribution is 2.27. The summed E-state index contributed by atoms with van der Waals surface area (Å²) in [5.41, 5.74) is 4.83. The van der Waals surface area contributed by atoms with Gasteiger partial charge in [0.1, 0.15) is 6.10 Å². The number of morpholine rings is 1. The van der Waals surface area contributed by atoms with Crippen LogP contribution in [0.25, 0.3) is 22.0 Å². The van der Waals surface area contributed by atoms with Crippen molar-refractivity contribution in [1.82, 2.24) is 30.0 Å². The van der Waals surface area contributed by atoms with Crippen LogP contribution in [0.3, 0.4) is 0 Å². The van der Waals surface area contributed by atoms with Gasteiger partial charge in [-0.05, 0) is 55.3 Å². The average molecular weight is 528 g/mol. The number of carbonyl (C=O) groups excluding carboxylic acids is 1. The molecule has 2 aliphatic rings. The molecule has 1 amide bonds. The highest BCUT2D eigenvalue weighted by molar-refractivity contribution is 6.11. The Morgan fingerprint density at radius 1 is 1.05 bits per heavy atom. The Morgan fingerprint density at radius 3 is 2.69 bits per heavy atom. The zero-order chi connectivity index (χ0) is 26.6. The molecule has 1 aromatic carbocycles. The van der Waals surface area contributed by atoms with Crippen molar-refractivity contribution >= 4 is 22.5 Å². The van der Waals surface area contributed by atoms with Crippen molar-refractivity contribution in [2.45, 2.75) is 25.5 Å². The van der Waals surface area contributed by atoms with Gasteiger partial charge in [-0.3, -0.25) is 19.8 Å². The minimum Gasteiger partial charge on any atom is -0.474 e. The van der Waals surface area contributed by atoms with Crippen LogP contribution >= 0.6 is 0 Å². The zero-order valence-corrected chi connectivity index (χ0v) is 22.1. The van der Waals surface area contributed by atoms with Gasteiger partial charge in [0.2, 0.25) is 5.88 Å². The SMILES string of the molecule is CN1CCC(Oc2ccc(NC(=O)c3n[nH]c4ccc(-c5cncc(CN6CCOCC6)c5)cc34)cn2)CC1. The fourth-order valence-electron chi connectivity index (χ4n) is 5.10. The number of aromatic amines is 1. The maximum absolute atomic E-state index is 13.2. The van der Waals surface area contributed by atoms with Crippen LogP contribution in [0.4, 0.5) is 5.69 Å². The van der Waals surface area contributed by atoms with E-state index in [1.165, 1.54) is 0 Å². The lowest BCUT2D eigenvalue weighted by Crippen LogP contribution is -2.35. The number of ether oxygens (including phenoxy) is 2. The van der Waals surface area contributed by atoms with Crippen LogP contribution in [0.5, 0.6) is 5.88 Å². The molecule has 202 valence electrons. The average Bonchev–Trinajstić information content (AvgIpc) is 3.40. The minimum absolute atomic E-state index is 0.175. The zero-order valence-electron chi connectivity index (χ0n) is 22.1. The number of nitrogens with zero attached hydrogens (tertiary/aromatic N) is 5. The van der Waals surface area contributed by atoms with Gasteiger partial charge in [-0.2, -0.15) is 5.10 Å². The van der Waals surface area contributed by atoms with Gasteiger partial charge >= 0.3 is 0 Å². The Kier molecular flexibility index (Phi) is 7.49. The number of carbonyl (C=O) groups is 1. The number of piperidine rings is 1. The summed E-state index contributed by atoms with van der Waals surface area (Å²) in [4.78, 5) is 26.7. The molecule has 2 N–H and O–H groups in total. The first-order valence-corrected chi connectivity index (χ1v) is 13.5. The van der Waals surface area contributed by atoms with Crippen LogP contribution in [-0.4, -0.2) is 88.4 Å². The molecule has 2 saturated heterocycles. The smallest absolute Gasteiger partial charge is 0.276 e. The fourth-order valence-corrected chi connectivity index (χ4v) is 5.10. The summed E-state index contributed by atoms with van der Waals surface area (Å²) in [6.07, 6.45) is 7.53. The Hall–Kier alpha value is -3.86. The third-order valence-corrected chi connectivity index (χ3v) is 7.36. The number of aromatic nitrogens is 4. The van der Waals surface area contributed by atoms with Crippen molar-refractivity contribution in [2.24, 2.45) is 0 Å². The molecule has 0 radical (unpaired) electrons. The number of nitrogens with one attached hydrogen (secondary N) is 2. The first kappa shape index (κ1) is 25.4. The molecule has 0 saturated carbocycles. The molecule has 0 spiro atoms. The Morgan fingerprint density at radius 2 is 1.90 bits per heavy atom. The van der Waals surface area contributed by atoms with E-state index in [0.717, 1.165) is 86.4 Å². The number of likely N-dealkylation sites (tertiary alicyclic amines) is 1. The van der Waals surface area contributed by atoms with E-state index in [-0.39, 0.29) is 12.0 Å². The molecule has 39 heavy (non-hydrogen) atoms. The fraction of sp³-hybridized carbons (Fsp3) is 0.379. The van der Waals surface area contributed by atoms with Gasteiger partial charge in [-0.15, -0.1) is 0 Å². The largest absolute Gasteiger partial charge is 0.474 e. The molecule has 0 bridgehead atoms. The normalized spacial score (nSPS) is 17.4. The van der Waals surface area contributed by atoms with E-state index in [1.54, 1.807) is 18.3 Å². The Balaban J connectivity index is 1.14. The summed E-state index contributed by atoms with van der Waals surface area (Å²) < 4.78 is 11.5. The summed E-state index contributed by atoms with van der Waals surface area (Å²) >= 11 is 0. The monoisotopic (exact) mass is 527 g/mol. The van der Waals surface area contributed by atoms with Crippen molar-refractivity contribution in [3.63, 3.8) is 0 Å². The van der Waals surface area contributed by atoms with Crippen LogP contribution < -0.4 is 10.1 Å². The van der Waals surface area contributed by atoms with E-state index in [1.807, 2.05) is 30.6 Å². The van der Waals surface area contributed by atoms with E-state index in [0.29, 0.717) is 17.3 Å². The quantitative estimate of drug-likeness (QED) is 0.376. The van der Waals surface area contributed by atoms with Crippen molar-refractivity contribution < 1.29 is 14.3 Å². The molecule has 2 aliphatic heterocycles. The number of benzene rings is 1. The molecule has 4 aromatic rings. The number of hydrogen-bond acceptors (Lipinski definition) is 8. The number of pyridine rings is 2. The number of amides is 1. The summed E-state index contributed by atoms with van der Waals surface area (Å²) in [6.45, 7) is 6.26. The summed E-state index contributed by atoms with van der Waals surface area (Å²) in [7, 11) is 2.12. The van der Waals surface area contributed by atoms with Gasteiger partial charge in [0.25, 0.3) is 5.91 Å². The third kappa shape index (κ3) is 6.08. The molecule has 10 nitrogen and oxygen atoms in total. The summed E-state index contributed by atoms with van der Waals surface area (Å²) in [5, 5.41) is 10.9. The Labute approximate surface area is 227 Å². The maximum atomic E-state index is 13.2. The van der Waals surface area contributed by atoms with Crippen LogP contribution in [-0.2, 0) is 11.3 Å². The highest BCUT2D eigenvalue weighted by atomic mass is 16.5. The maximum Gasteiger partial charge on any atom is 0.276 e. The predicted octanol–water partition coefficient (Wildman–Crippen LogP) is 3.58. The van der Waals surface area contributed by atoms with Gasteiger partial charge in [0, 0.05) is 62.1 Å². The van der Waals surface area contributed by atoms with Gasteiger partial charge in [-0.1, -0.05) is 6.07 Å². The lowest BCUT2D eigenvalue weighted by molar-refractivity contribution is 0.0341. The van der Waals surface area contributed by atoms with E-state index >= 15 is 0 Å². The molecular formula is C29H33N7O3.